The van der Waals surface area contributed by atoms with Crippen molar-refractivity contribution in [2.24, 2.45) is 0 Å². The van der Waals surface area contributed by atoms with E-state index in [0.29, 0.717) is 0 Å². The molecule has 0 atom stereocenters. The van der Waals surface area contributed by atoms with Crippen LogP contribution in [0.5, 0.6) is 5.75 Å². The standard InChI is InChI=1S/C17H28N2O/c1-4-18(5-2)11-7-13-19-12-6-8-15-14-16(20-3)9-10-17(15)19/h9-10,14H,4-8,11-13H2,1-3H3. The van der Waals surface area contributed by atoms with Crippen molar-refractivity contribution in [3.05, 3.63) is 23.8 Å². The third-order valence-corrected chi connectivity index (χ3v) is 4.30. The van der Waals surface area contributed by atoms with Crippen molar-refractivity contribution in [2.45, 2.75) is 33.1 Å². The Morgan fingerprint density at radius 1 is 1.25 bits per heavy atom. The molecule has 112 valence electrons. The maximum Gasteiger partial charge on any atom is 0.119 e. The molecule has 0 saturated carbocycles. The highest BCUT2D eigenvalue weighted by atomic mass is 16.5. The molecule has 20 heavy (non-hydrogen) atoms. The van der Waals surface area contributed by atoms with Crippen LogP contribution in [0.3, 0.4) is 0 Å². The molecule has 0 bridgehead atoms. The lowest BCUT2D eigenvalue weighted by molar-refractivity contribution is 0.300. The lowest BCUT2D eigenvalue weighted by Gasteiger charge is -2.32. The number of benzene rings is 1. The van der Waals surface area contributed by atoms with Gasteiger partial charge in [0.1, 0.15) is 5.75 Å². The van der Waals surface area contributed by atoms with E-state index in [1.807, 2.05) is 0 Å². The number of hydrogen-bond acceptors (Lipinski definition) is 3. The number of rotatable bonds is 7. The highest BCUT2D eigenvalue weighted by Crippen LogP contribution is 2.30. The first-order valence-corrected chi connectivity index (χ1v) is 7.92. The smallest absolute Gasteiger partial charge is 0.119 e. The molecule has 0 radical (unpaired) electrons. The Morgan fingerprint density at radius 3 is 2.75 bits per heavy atom. The quantitative estimate of drug-likeness (QED) is 0.761. The van der Waals surface area contributed by atoms with Gasteiger partial charge in [-0.25, -0.2) is 0 Å². The minimum Gasteiger partial charge on any atom is -0.497 e. The van der Waals surface area contributed by atoms with Crippen LogP contribution < -0.4 is 9.64 Å². The number of anilines is 1. The Morgan fingerprint density at radius 2 is 2.05 bits per heavy atom. The van der Waals surface area contributed by atoms with Gasteiger partial charge in [0, 0.05) is 18.8 Å². The monoisotopic (exact) mass is 276 g/mol. The van der Waals surface area contributed by atoms with Gasteiger partial charge in [0.15, 0.2) is 0 Å². The van der Waals surface area contributed by atoms with Crippen LogP contribution in [0.25, 0.3) is 0 Å². The summed E-state index contributed by atoms with van der Waals surface area (Å²) in [5.74, 6) is 0.980. The summed E-state index contributed by atoms with van der Waals surface area (Å²) >= 11 is 0. The second-order valence-corrected chi connectivity index (χ2v) is 5.47. The Kier molecular flexibility index (Phi) is 5.72. The fraction of sp³-hybridized carbons (Fsp3) is 0.647. The molecule has 1 aliphatic rings. The predicted molar refractivity (Wildman–Crippen MR) is 85.9 cm³/mol. The summed E-state index contributed by atoms with van der Waals surface area (Å²) in [5, 5.41) is 0. The molecule has 0 spiro atoms. The summed E-state index contributed by atoms with van der Waals surface area (Å²) in [4.78, 5) is 5.04. The van der Waals surface area contributed by atoms with Crippen molar-refractivity contribution in [3.8, 4) is 5.75 Å². The van der Waals surface area contributed by atoms with E-state index in [4.69, 9.17) is 4.74 Å². The number of hydrogen-bond donors (Lipinski definition) is 0. The fourth-order valence-corrected chi connectivity index (χ4v) is 3.04. The van der Waals surface area contributed by atoms with Gasteiger partial charge < -0.3 is 14.5 Å². The van der Waals surface area contributed by atoms with Crippen LogP contribution in [-0.2, 0) is 6.42 Å². The highest BCUT2D eigenvalue weighted by Gasteiger charge is 2.17. The Bertz CT molecular complexity index is 415. The van der Waals surface area contributed by atoms with Crippen LogP contribution in [0.15, 0.2) is 18.2 Å². The summed E-state index contributed by atoms with van der Waals surface area (Å²) in [6.07, 6.45) is 3.68. The molecule has 0 unspecified atom stereocenters. The van der Waals surface area contributed by atoms with E-state index in [0.717, 1.165) is 25.4 Å². The molecule has 0 amide bonds. The van der Waals surface area contributed by atoms with Crippen LogP contribution >= 0.6 is 0 Å². The Balaban J connectivity index is 1.94. The molecular weight excluding hydrogens is 248 g/mol. The molecular formula is C17H28N2O. The Labute approximate surface area is 123 Å². The van der Waals surface area contributed by atoms with Gasteiger partial charge in [-0.2, -0.15) is 0 Å². The van der Waals surface area contributed by atoms with Crippen molar-refractivity contribution in [3.63, 3.8) is 0 Å². The molecule has 0 saturated heterocycles. The molecule has 0 aliphatic carbocycles. The first kappa shape index (κ1) is 15.2. The van der Waals surface area contributed by atoms with Crippen LogP contribution in [0.4, 0.5) is 5.69 Å². The van der Waals surface area contributed by atoms with Gasteiger partial charge in [-0.15, -0.1) is 0 Å². The molecule has 3 heteroatoms. The van der Waals surface area contributed by atoms with Gasteiger partial charge in [0.25, 0.3) is 0 Å². The lowest BCUT2D eigenvalue weighted by atomic mass is 10.0. The molecule has 2 rings (SSSR count). The fourth-order valence-electron chi connectivity index (χ4n) is 3.04. The first-order valence-electron chi connectivity index (χ1n) is 7.92. The second-order valence-electron chi connectivity index (χ2n) is 5.47. The first-order chi connectivity index (χ1) is 9.78. The predicted octanol–water partition coefficient (Wildman–Crippen LogP) is 3.18. The van der Waals surface area contributed by atoms with Gasteiger partial charge in [-0.05, 0) is 62.7 Å². The van der Waals surface area contributed by atoms with E-state index in [1.54, 1.807) is 7.11 Å². The van der Waals surface area contributed by atoms with Crippen molar-refractivity contribution in [2.75, 3.05) is 44.7 Å². The second kappa shape index (κ2) is 7.53. The normalized spacial score (nSPS) is 14.5. The van der Waals surface area contributed by atoms with Crippen LogP contribution in [0.1, 0.15) is 32.3 Å². The topological polar surface area (TPSA) is 15.7 Å². The van der Waals surface area contributed by atoms with Crippen LogP contribution in [-0.4, -0.2) is 44.7 Å². The summed E-state index contributed by atoms with van der Waals surface area (Å²) in [5.41, 5.74) is 2.86. The summed E-state index contributed by atoms with van der Waals surface area (Å²) in [6.45, 7) is 10.4. The zero-order chi connectivity index (χ0) is 14.4. The molecule has 0 fully saturated rings. The van der Waals surface area contributed by atoms with Crippen molar-refractivity contribution < 1.29 is 4.74 Å². The molecule has 1 aromatic carbocycles. The minimum atomic E-state index is 0.980. The summed E-state index contributed by atoms with van der Waals surface area (Å²) in [7, 11) is 1.74. The molecule has 0 aromatic heterocycles. The van der Waals surface area contributed by atoms with E-state index < -0.39 is 0 Å². The average Bonchev–Trinajstić information content (AvgIpc) is 2.51. The van der Waals surface area contributed by atoms with Crippen molar-refractivity contribution >= 4 is 5.69 Å². The van der Waals surface area contributed by atoms with Crippen molar-refractivity contribution in [1.29, 1.82) is 0 Å². The van der Waals surface area contributed by atoms with E-state index in [2.05, 4.69) is 41.8 Å². The third-order valence-electron chi connectivity index (χ3n) is 4.30. The highest BCUT2D eigenvalue weighted by molar-refractivity contribution is 5.58. The van der Waals surface area contributed by atoms with Gasteiger partial charge >= 0.3 is 0 Å². The SMILES string of the molecule is CCN(CC)CCCN1CCCc2cc(OC)ccc21. The third kappa shape index (κ3) is 3.66. The van der Waals surface area contributed by atoms with Gasteiger partial charge in [-0.3, -0.25) is 0 Å². The zero-order valence-corrected chi connectivity index (χ0v) is 13.2. The largest absolute Gasteiger partial charge is 0.497 e. The van der Waals surface area contributed by atoms with Gasteiger partial charge in [-0.1, -0.05) is 13.8 Å². The van der Waals surface area contributed by atoms with Gasteiger partial charge in [0.05, 0.1) is 7.11 Å². The summed E-state index contributed by atoms with van der Waals surface area (Å²) < 4.78 is 5.33. The Hall–Kier alpha value is -1.22. The van der Waals surface area contributed by atoms with E-state index in [-0.39, 0.29) is 0 Å². The molecule has 1 aromatic rings. The number of methoxy groups -OCH3 is 1. The maximum absolute atomic E-state index is 5.33. The minimum absolute atomic E-state index is 0.980. The van der Waals surface area contributed by atoms with E-state index in [9.17, 15) is 0 Å². The molecule has 1 aliphatic heterocycles. The number of aryl methyl sites for hydroxylation is 1. The van der Waals surface area contributed by atoms with Crippen LogP contribution in [0.2, 0.25) is 0 Å². The zero-order valence-electron chi connectivity index (χ0n) is 13.2. The lowest BCUT2D eigenvalue weighted by Crippen LogP contribution is -2.33. The molecule has 0 N–H and O–H groups in total. The number of nitrogens with zero attached hydrogens (tertiary/aromatic N) is 2. The summed E-state index contributed by atoms with van der Waals surface area (Å²) in [6, 6.07) is 6.51. The maximum atomic E-state index is 5.33. The molecule has 1 heterocycles. The van der Waals surface area contributed by atoms with E-state index >= 15 is 0 Å². The van der Waals surface area contributed by atoms with E-state index in [1.165, 1.54) is 43.6 Å². The van der Waals surface area contributed by atoms with Crippen molar-refractivity contribution in [1.82, 2.24) is 4.90 Å². The molecule has 3 nitrogen and oxygen atoms in total. The average molecular weight is 276 g/mol. The van der Waals surface area contributed by atoms with Gasteiger partial charge in [0.2, 0.25) is 0 Å². The number of ether oxygens (including phenoxy) is 1. The van der Waals surface area contributed by atoms with Crippen LogP contribution in [0, 0.1) is 0 Å². The number of fused-ring (bicyclic) bond motifs is 1.